The van der Waals surface area contributed by atoms with E-state index in [-0.39, 0.29) is 24.9 Å². The summed E-state index contributed by atoms with van der Waals surface area (Å²) in [7, 11) is 0. The Labute approximate surface area is 174 Å². The smallest absolute Gasteiger partial charge is 0.307 e. The highest BCUT2D eigenvalue weighted by Crippen LogP contribution is 2.44. The fraction of sp³-hybridized carbons (Fsp3) is 0.174. The normalized spacial score (nSPS) is 13.7. The van der Waals surface area contributed by atoms with E-state index in [1.165, 1.54) is 22.3 Å². The Morgan fingerprint density at radius 1 is 0.929 bits per heavy atom. The molecule has 1 unspecified atom stereocenters. The van der Waals surface area contributed by atoms with E-state index in [4.69, 9.17) is 33.7 Å². The molecule has 1 aliphatic rings. The first-order valence-electron chi connectivity index (χ1n) is 9.08. The lowest BCUT2D eigenvalue weighted by molar-refractivity contribution is -0.144. The van der Waals surface area contributed by atoms with Crippen LogP contribution in [0.4, 0.5) is 0 Å². The van der Waals surface area contributed by atoms with Crippen LogP contribution < -0.4 is 5.73 Å². The maximum Gasteiger partial charge on any atom is 0.307 e. The van der Waals surface area contributed by atoms with Crippen molar-refractivity contribution in [3.8, 4) is 11.1 Å². The van der Waals surface area contributed by atoms with E-state index in [0.29, 0.717) is 15.6 Å². The molecule has 2 N–H and O–H groups in total. The molecule has 0 saturated carbocycles. The molecular formula is C23H19Cl2NO2. The van der Waals surface area contributed by atoms with Crippen molar-refractivity contribution in [2.24, 2.45) is 5.73 Å². The third-order valence-electron chi connectivity index (χ3n) is 5.07. The average molecular weight is 412 g/mol. The van der Waals surface area contributed by atoms with Gasteiger partial charge in [0.15, 0.2) is 0 Å². The molecule has 5 heteroatoms. The van der Waals surface area contributed by atoms with E-state index in [1.807, 2.05) is 24.3 Å². The number of nitrogens with two attached hydrogens (primary N) is 1. The van der Waals surface area contributed by atoms with Gasteiger partial charge in [-0.25, -0.2) is 0 Å². The van der Waals surface area contributed by atoms with Gasteiger partial charge in [-0.05, 0) is 46.0 Å². The average Bonchev–Trinajstić information content (AvgIpc) is 2.99. The fourth-order valence-electron chi connectivity index (χ4n) is 3.76. The predicted octanol–water partition coefficient (Wildman–Crippen LogP) is 5.74. The molecule has 0 fully saturated rings. The van der Waals surface area contributed by atoms with Crippen LogP contribution in [0.1, 0.15) is 35.1 Å². The number of hydrogen-bond acceptors (Lipinski definition) is 3. The van der Waals surface area contributed by atoms with Crippen LogP contribution in [0.2, 0.25) is 10.0 Å². The fourth-order valence-corrected chi connectivity index (χ4v) is 4.30. The Bertz CT molecular complexity index is 969. The van der Waals surface area contributed by atoms with Gasteiger partial charge >= 0.3 is 5.97 Å². The lowest BCUT2D eigenvalue weighted by Crippen LogP contribution is -2.19. The van der Waals surface area contributed by atoms with Gasteiger partial charge in [0, 0.05) is 22.0 Å². The molecule has 0 spiro atoms. The summed E-state index contributed by atoms with van der Waals surface area (Å²) in [4.78, 5) is 12.4. The molecule has 0 amide bonds. The van der Waals surface area contributed by atoms with E-state index in [1.54, 1.807) is 18.2 Å². The number of esters is 1. The van der Waals surface area contributed by atoms with Crippen molar-refractivity contribution < 1.29 is 9.53 Å². The number of benzene rings is 3. The van der Waals surface area contributed by atoms with E-state index >= 15 is 0 Å². The van der Waals surface area contributed by atoms with Crippen LogP contribution >= 0.6 is 23.2 Å². The third kappa shape index (κ3) is 3.79. The van der Waals surface area contributed by atoms with Crippen molar-refractivity contribution in [2.45, 2.75) is 18.4 Å². The van der Waals surface area contributed by atoms with Gasteiger partial charge in [-0.1, -0.05) is 71.7 Å². The van der Waals surface area contributed by atoms with E-state index in [2.05, 4.69) is 24.3 Å². The standard InChI is InChI=1S/C23H19Cl2NO2/c24-15-9-14(10-16(25)11-15)22(26)12-23(27)28-13-21-19-7-3-1-5-17(19)18-6-2-4-8-20(18)21/h1-11,21-22H,12-13,26H2. The van der Waals surface area contributed by atoms with Crippen molar-refractivity contribution >= 4 is 29.2 Å². The zero-order valence-electron chi connectivity index (χ0n) is 15.1. The van der Waals surface area contributed by atoms with Crippen molar-refractivity contribution in [3.05, 3.63) is 93.5 Å². The number of hydrogen-bond donors (Lipinski definition) is 1. The minimum Gasteiger partial charge on any atom is -0.465 e. The molecule has 4 rings (SSSR count). The van der Waals surface area contributed by atoms with Gasteiger partial charge in [0.1, 0.15) is 6.61 Å². The quantitative estimate of drug-likeness (QED) is 0.544. The van der Waals surface area contributed by atoms with Crippen LogP contribution in [0.25, 0.3) is 11.1 Å². The molecule has 28 heavy (non-hydrogen) atoms. The van der Waals surface area contributed by atoms with Crippen molar-refractivity contribution in [1.29, 1.82) is 0 Å². The van der Waals surface area contributed by atoms with Gasteiger partial charge in [0.25, 0.3) is 0 Å². The number of halogens is 2. The van der Waals surface area contributed by atoms with Crippen LogP contribution in [0.3, 0.4) is 0 Å². The number of rotatable bonds is 5. The molecular weight excluding hydrogens is 393 g/mol. The zero-order chi connectivity index (χ0) is 19.7. The largest absolute Gasteiger partial charge is 0.465 e. The summed E-state index contributed by atoms with van der Waals surface area (Å²) in [6, 6.07) is 21.0. The molecule has 3 aromatic carbocycles. The van der Waals surface area contributed by atoms with Gasteiger partial charge in [0.2, 0.25) is 0 Å². The van der Waals surface area contributed by atoms with Crippen molar-refractivity contribution in [2.75, 3.05) is 6.61 Å². The molecule has 1 atom stereocenters. The van der Waals surface area contributed by atoms with Crippen LogP contribution in [-0.2, 0) is 9.53 Å². The molecule has 0 aromatic heterocycles. The molecule has 3 nitrogen and oxygen atoms in total. The van der Waals surface area contributed by atoms with Crippen LogP contribution in [0, 0.1) is 0 Å². The first kappa shape index (κ1) is 19.0. The number of carbonyl (C=O) groups is 1. The van der Waals surface area contributed by atoms with Gasteiger partial charge in [-0.2, -0.15) is 0 Å². The maximum absolute atomic E-state index is 12.4. The molecule has 1 aliphatic carbocycles. The number of ether oxygens (including phenoxy) is 1. The Morgan fingerprint density at radius 2 is 1.46 bits per heavy atom. The topological polar surface area (TPSA) is 52.3 Å². The highest BCUT2D eigenvalue weighted by Gasteiger charge is 2.29. The van der Waals surface area contributed by atoms with Crippen LogP contribution in [0.5, 0.6) is 0 Å². The van der Waals surface area contributed by atoms with Gasteiger partial charge in [-0.15, -0.1) is 0 Å². The monoisotopic (exact) mass is 411 g/mol. The summed E-state index contributed by atoms with van der Waals surface area (Å²) < 4.78 is 5.61. The first-order valence-corrected chi connectivity index (χ1v) is 9.84. The highest BCUT2D eigenvalue weighted by atomic mass is 35.5. The molecule has 0 radical (unpaired) electrons. The van der Waals surface area contributed by atoms with E-state index in [0.717, 1.165) is 0 Å². The summed E-state index contributed by atoms with van der Waals surface area (Å²) in [6.07, 6.45) is 0.0622. The molecule has 0 bridgehead atoms. The lowest BCUT2D eigenvalue weighted by Gasteiger charge is -2.16. The molecule has 142 valence electrons. The lowest BCUT2D eigenvalue weighted by atomic mass is 9.98. The van der Waals surface area contributed by atoms with Crippen molar-refractivity contribution in [3.63, 3.8) is 0 Å². The molecule has 3 aromatic rings. The summed E-state index contributed by atoms with van der Waals surface area (Å²) in [6.45, 7) is 0.288. The Morgan fingerprint density at radius 3 is 2.04 bits per heavy atom. The predicted molar refractivity (Wildman–Crippen MR) is 113 cm³/mol. The number of fused-ring (bicyclic) bond motifs is 3. The van der Waals surface area contributed by atoms with Crippen LogP contribution in [0.15, 0.2) is 66.7 Å². The first-order chi connectivity index (χ1) is 13.5. The minimum atomic E-state index is -0.521. The van der Waals surface area contributed by atoms with Crippen LogP contribution in [-0.4, -0.2) is 12.6 Å². The van der Waals surface area contributed by atoms with Gasteiger partial charge < -0.3 is 10.5 Å². The summed E-state index contributed by atoms with van der Waals surface area (Å²) in [5.74, 6) is -0.307. The summed E-state index contributed by atoms with van der Waals surface area (Å²) in [5, 5.41) is 0.982. The number of carbonyl (C=O) groups excluding carboxylic acids is 1. The third-order valence-corrected chi connectivity index (χ3v) is 5.51. The summed E-state index contributed by atoms with van der Waals surface area (Å²) >= 11 is 12.0. The van der Waals surface area contributed by atoms with E-state index in [9.17, 15) is 4.79 Å². The maximum atomic E-state index is 12.4. The highest BCUT2D eigenvalue weighted by molar-refractivity contribution is 6.34. The van der Waals surface area contributed by atoms with Gasteiger partial charge in [-0.3, -0.25) is 4.79 Å². The second-order valence-corrected chi connectivity index (χ2v) is 7.80. The SMILES string of the molecule is NC(CC(=O)OCC1c2ccccc2-c2ccccc21)c1cc(Cl)cc(Cl)c1. The Balaban J connectivity index is 1.45. The van der Waals surface area contributed by atoms with E-state index < -0.39 is 6.04 Å². The molecule has 0 saturated heterocycles. The van der Waals surface area contributed by atoms with Gasteiger partial charge in [0.05, 0.1) is 6.42 Å². The second-order valence-electron chi connectivity index (χ2n) is 6.92. The minimum absolute atomic E-state index is 0.0354. The molecule has 0 heterocycles. The second kappa shape index (κ2) is 7.96. The Kier molecular flexibility index (Phi) is 5.40. The van der Waals surface area contributed by atoms with Crippen molar-refractivity contribution in [1.82, 2.24) is 0 Å². The zero-order valence-corrected chi connectivity index (χ0v) is 16.6. The molecule has 0 aliphatic heterocycles. The summed E-state index contributed by atoms with van der Waals surface area (Å²) in [5.41, 5.74) is 11.6. The Hall–Kier alpha value is -2.33.